The minimum Gasteiger partial charge on any atom is -0.487 e. The molecule has 2 aliphatic heterocycles. The van der Waals surface area contributed by atoms with Gasteiger partial charge >= 0.3 is 6.09 Å². The van der Waals surface area contributed by atoms with Gasteiger partial charge in [0.2, 0.25) is 0 Å². The van der Waals surface area contributed by atoms with E-state index >= 15 is 0 Å². The Morgan fingerprint density at radius 3 is 2.61 bits per heavy atom. The zero-order valence-electron chi connectivity index (χ0n) is 16.6. The first kappa shape index (κ1) is 18.6. The van der Waals surface area contributed by atoms with Gasteiger partial charge in [-0.15, -0.1) is 0 Å². The maximum absolute atomic E-state index is 11.8. The molecule has 2 fully saturated rings. The SMILES string of the molecule is CC(C)(C)[C@]12C[C@@H](CN1C(=O)O)N(c1ccc(OCc3ccccc3)cn1)C2. The van der Waals surface area contributed by atoms with Gasteiger partial charge < -0.3 is 14.7 Å². The maximum atomic E-state index is 11.8. The molecule has 1 aromatic heterocycles. The predicted molar refractivity (Wildman–Crippen MR) is 108 cm³/mol. The molecule has 2 aromatic rings. The standard InChI is InChI=1S/C22H27N3O3/c1-21(2,3)22-11-17(13-25(22)20(26)27)24(15-22)19-10-9-18(12-23-19)28-14-16-7-5-4-6-8-16/h4-10,12,17H,11,13-15H2,1-3H3,(H,26,27)/t17-,22+/m0/s1. The van der Waals surface area contributed by atoms with E-state index in [0.29, 0.717) is 19.7 Å². The Balaban J connectivity index is 1.48. The van der Waals surface area contributed by atoms with Gasteiger partial charge in [0.25, 0.3) is 0 Å². The minimum atomic E-state index is -0.824. The number of rotatable bonds is 4. The number of benzene rings is 1. The Morgan fingerprint density at radius 2 is 2.00 bits per heavy atom. The topological polar surface area (TPSA) is 65.9 Å². The van der Waals surface area contributed by atoms with E-state index in [2.05, 4.69) is 30.7 Å². The number of hydrogen-bond acceptors (Lipinski definition) is 4. The number of nitrogens with zero attached hydrogens (tertiary/aromatic N) is 3. The molecule has 148 valence electrons. The number of pyridine rings is 1. The summed E-state index contributed by atoms with van der Waals surface area (Å²) in [5.41, 5.74) is 0.589. The van der Waals surface area contributed by atoms with E-state index in [1.54, 1.807) is 11.1 Å². The molecule has 2 bridgehead atoms. The van der Waals surface area contributed by atoms with E-state index in [0.717, 1.165) is 23.6 Å². The second kappa shape index (κ2) is 6.69. The van der Waals surface area contributed by atoms with E-state index < -0.39 is 6.09 Å². The molecule has 0 aliphatic carbocycles. The van der Waals surface area contributed by atoms with E-state index in [1.165, 1.54) is 0 Å². The molecule has 1 aromatic carbocycles. The van der Waals surface area contributed by atoms with Gasteiger partial charge in [0, 0.05) is 13.1 Å². The van der Waals surface area contributed by atoms with Crippen molar-refractivity contribution in [1.29, 1.82) is 0 Å². The van der Waals surface area contributed by atoms with Gasteiger partial charge in [0.1, 0.15) is 18.2 Å². The van der Waals surface area contributed by atoms with Crippen LogP contribution in [0.25, 0.3) is 0 Å². The molecule has 1 N–H and O–H groups in total. The first-order valence-corrected chi connectivity index (χ1v) is 9.70. The molecular weight excluding hydrogens is 354 g/mol. The fraction of sp³-hybridized carbons (Fsp3) is 0.455. The molecular formula is C22H27N3O3. The zero-order chi connectivity index (χ0) is 19.9. The summed E-state index contributed by atoms with van der Waals surface area (Å²) >= 11 is 0. The van der Waals surface area contributed by atoms with Gasteiger partial charge in [-0.25, -0.2) is 9.78 Å². The average molecular weight is 381 g/mol. The van der Waals surface area contributed by atoms with Crippen LogP contribution in [-0.4, -0.2) is 45.8 Å². The van der Waals surface area contributed by atoms with Crippen molar-refractivity contribution >= 4 is 11.9 Å². The summed E-state index contributed by atoms with van der Waals surface area (Å²) in [6.45, 7) is 8.09. The molecule has 28 heavy (non-hydrogen) atoms. The number of fused-ring (bicyclic) bond motifs is 2. The number of piperazine rings is 1. The highest BCUT2D eigenvalue weighted by Gasteiger charge is 2.62. The summed E-state index contributed by atoms with van der Waals surface area (Å²) < 4.78 is 5.83. The number of anilines is 1. The van der Waals surface area contributed by atoms with Gasteiger partial charge in [-0.2, -0.15) is 0 Å². The molecule has 3 heterocycles. The number of ether oxygens (including phenoxy) is 1. The summed E-state index contributed by atoms with van der Waals surface area (Å²) in [5, 5.41) is 9.69. The van der Waals surface area contributed by atoms with Crippen LogP contribution in [0.2, 0.25) is 0 Å². The van der Waals surface area contributed by atoms with Crippen LogP contribution in [0.5, 0.6) is 5.75 Å². The number of amides is 1. The predicted octanol–water partition coefficient (Wildman–Crippen LogP) is 4.02. The molecule has 0 unspecified atom stereocenters. The highest BCUT2D eigenvalue weighted by atomic mass is 16.5. The van der Waals surface area contributed by atoms with E-state index in [9.17, 15) is 9.90 Å². The van der Waals surface area contributed by atoms with E-state index in [1.807, 2.05) is 42.5 Å². The summed E-state index contributed by atoms with van der Waals surface area (Å²) in [6.07, 6.45) is 1.77. The van der Waals surface area contributed by atoms with Crippen molar-refractivity contribution in [2.45, 2.75) is 45.4 Å². The summed E-state index contributed by atoms with van der Waals surface area (Å²) in [6, 6.07) is 14.1. The Hall–Kier alpha value is -2.76. The van der Waals surface area contributed by atoms with E-state index in [4.69, 9.17) is 4.74 Å². The van der Waals surface area contributed by atoms with Crippen molar-refractivity contribution in [2.75, 3.05) is 18.0 Å². The molecule has 0 radical (unpaired) electrons. The number of carbonyl (C=O) groups is 1. The molecule has 0 spiro atoms. The summed E-state index contributed by atoms with van der Waals surface area (Å²) in [7, 11) is 0. The van der Waals surface area contributed by atoms with E-state index in [-0.39, 0.29) is 17.0 Å². The largest absolute Gasteiger partial charge is 0.487 e. The molecule has 2 atom stereocenters. The lowest BCUT2D eigenvalue weighted by molar-refractivity contribution is 0.0362. The average Bonchev–Trinajstić information content (AvgIpc) is 3.25. The quantitative estimate of drug-likeness (QED) is 0.867. The van der Waals surface area contributed by atoms with Gasteiger partial charge in [-0.05, 0) is 29.5 Å². The fourth-order valence-corrected chi connectivity index (χ4v) is 4.57. The third kappa shape index (κ3) is 3.07. The normalized spacial score (nSPS) is 23.9. The van der Waals surface area contributed by atoms with Crippen LogP contribution in [0.1, 0.15) is 32.8 Å². The first-order valence-electron chi connectivity index (χ1n) is 9.70. The van der Waals surface area contributed by atoms with Crippen molar-refractivity contribution in [2.24, 2.45) is 5.41 Å². The van der Waals surface area contributed by atoms with Gasteiger partial charge in [0.15, 0.2) is 0 Å². The van der Waals surface area contributed by atoms with Crippen LogP contribution in [0, 0.1) is 5.41 Å². The Morgan fingerprint density at radius 1 is 1.25 bits per heavy atom. The molecule has 2 saturated heterocycles. The van der Waals surface area contributed by atoms with Gasteiger partial charge in [0.05, 0.1) is 17.8 Å². The Bertz CT molecular complexity index is 848. The van der Waals surface area contributed by atoms with Crippen molar-refractivity contribution in [3.63, 3.8) is 0 Å². The van der Waals surface area contributed by atoms with Crippen molar-refractivity contribution in [1.82, 2.24) is 9.88 Å². The lowest BCUT2D eigenvalue weighted by atomic mass is 9.73. The number of hydrogen-bond donors (Lipinski definition) is 1. The highest BCUT2D eigenvalue weighted by Crippen LogP contribution is 2.51. The third-order valence-electron chi connectivity index (χ3n) is 6.25. The van der Waals surface area contributed by atoms with Crippen molar-refractivity contribution in [3.8, 4) is 5.75 Å². The number of carboxylic acid groups (broad SMARTS) is 1. The molecule has 6 nitrogen and oxygen atoms in total. The summed E-state index contributed by atoms with van der Waals surface area (Å²) in [5.74, 6) is 1.61. The number of likely N-dealkylation sites (tertiary alicyclic amines) is 1. The second-order valence-electron chi connectivity index (χ2n) is 8.79. The first-order chi connectivity index (χ1) is 13.3. The molecule has 4 rings (SSSR count). The zero-order valence-corrected chi connectivity index (χ0v) is 16.6. The fourth-order valence-electron chi connectivity index (χ4n) is 4.57. The monoisotopic (exact) mass is 381 g/mol. The van der Waals surface area contributed by atoms with Crippen molar-refractivity contribution in [3.05, 3.63) is 54.2 Å². The van der Waals surface area contributed by atoms with Crippen LogP contribution in [0.15, 0.2) is 48.7 Å². The molecule has 6 heteroatoms. The van der Waals surface area contributed by atoms with Crippen LogP contribution in [-0.2, 0) is 6.61 Å². The van der Waals surface area contributed by atoms with Gasteiger partial charge in [-0.1, -0.05) is 51.1 Å². The molecule has 2 aliphatic rings. The van der Waals surface area contributed by atoms with Crippen LogP contribution in [0.4, 0.5) is 10.6 Å². The molecule has 0 saturated carbocycles. The van der Waals surface area contributed by atoms with Gasteiger partial charge in [-0.3, -0.25) is 4.90 Å². The minimum absolute atomic E-state index is 0.145. The van der Waals surface area contributed by atoms with Crippen LogP contribution < -0.4 is 9.64 Å². The maximum Gasteiger partial charge on any atom is 0.407 e. The summed E-state index contributed by atoms with van der Waals surface area (Å²) in [4.78, 5) is 20.3. The lowest BCUT2D eigenvalue weighted by Crippen LogP contribution is -2.61. The van der Waals surface area contributed by atoms with Crippen LogP contribution in [0.3, 0.4) is 0 Å². The van der Waals surface area contributed by atoms with Crippen LogP contribution >= 0.6 is 0 Å². The van der Waals surface area contributed by atoms with Crippen molar-refractivity contribution < 1.29 is 14.6 Å². The highest BCUT2D eigenvalue weighted by molar-refractivity contribution is 5.69. The Labute approximate surface area is 165 Å². The second-order valence-corrected chi connectivity index (χ2v) is 8.79. The smallest absolute Gasteiger partial charge is 0.407 e. The molecule has 1 amide bonds. The lowest BCUT2D eigenvalue weighted by Gasteiger charge is -2.48. The Kier molecular flexibility index (Phi) is 4.44. The third-order valence-corrected chi connectivity index (χ3v) is 6.25. The number of aromatic nitrogens is 1.